The van der Waals surface area contributed by atoms with Crippen LogP contribution in [-0.4, -0.2) is 58.1 Å². The molecule has 1 aromatic carbocycles. The third-order valence-corrected chi connectivity index (χ3v) is 5.59. The molecule has 3 aliphatic rings. The maximum atomic E-state index is 12.4. The molecule has 2 saturated heterocycles. The number of amides is 3. The number of benzene rings is 1. The highest BCUT2D eigenvalue weighted by molar-refractivity contribution is 5.93. The Balaban J connectivity index is 1.19. The molecule has 5 rings (SSSR count). The smallest absolute Gasteiger partial charge is 0.323 e. The van der Waals surface area contributed by atoms with Gasteiger partial charge < -0.3 is 15.1 Å². The van der Waals surface area contributed by atoms with Gasteiger partial charge in [0.25, 0.3) is 5.91 Å². The average molecular weight is 364 g/mol. The van der Waals surface area contributed by atoms with Gasteiger partial charge in [-0.2, -0.15) is 0 Å². The highest BCUT2D eigenvalue weighted by Crippen LogP contribution is 2.34. The van der Waals surface area contributed by atoms with Gasteiger partial charge in [-0.15, -0.1) is 10.2 Å². The van der Waals surface area contributed by atoms with Crippen LogP contribution < -0.4 is 10.6 Å². The molecule has 0 radical (unpaired) electrons. The van der Waals surface area contributed by atoms with Crippen LogP contribution in [0, 0.1) is 5.41 Å². The first-order valence-corrected chi connectivity index (χ1v) is 9.08. The Morgan fingerprint density at radius 3 is 2.22 bits per heavy atom. The third-order valence-electron chi connectivity index (χ3n) is 5.59. The molecule has 27 heavy (non-hydrogen) atoms. The lowest BCUT2D eigenvalue weighted by Crippen LogP contribution is -2.71. The van der Waals surface area contributed by atoms with Gasteiger partial charge in [-0.25, -0.2) is 4.79 Å². The van der Waals surface area contributed by atoms with Crippen molar-refractivity contribution >= 4 is 17.8 Å². The molecular weight excluding hydrogens is 344 g/mol. The fourth-order valence-corrected chi connectivity index (χ4v) is 3.95. The molecule has 8 heteroatoms. The zero-order valence-electron chi connectivity index (χ0n) is 14.8. The van der Waals surface area contributed by atoms with Crippen molar-refractivity contribution in [3.8, 4) is 0 Å². The highest BCUT2D eigenvalue weighted by Gasteiger charge is 2.49. The van der Waals surface area contributed by atoms with Gasteiger partial charge in [0, 0.05) is 44.7 Å². The number of hydrogen-bond donors (Lipinski definition) is 2. The van der Waals surface area contributed by atoms with Crippen LogP contribution in [0.25, 0.3) is 0 Å². The van der Waals surface area contributed by atoms with E-state index in [1.165, 1.54) is 0 Å². The van der Waals surface area contributed by atoms with Crippen molar-refractivity contribution in [1.82, 2.24) is 25.3 Å². The number of nitrogens with zero attached hydrogens (tertiary/aromatic N) is 4. The van der Waals surface area contributed by atoms with E-state index in [0.29, 0.717) is 24.6 Å². The van der Waals surface area contributed by atoms with Gasteiger partial charge in [-0.05, 0) is 23.3 Å². The van der Waals surface area contributed by atoms with Crippen molar-refractivity contribution in [2.24, 2.45) is 5.41 Å². The van der Waals surface area contributed by atoms with E-state index in [-0.39, 0.29) is 17.4 Å². The number of urea groups is 1. The molecule has 3 amide bonds. The molecule has 8 nitrogen and oxygen atoms in total. The minimum absolute atomic E-state index is 0.104. The van der Waals surface area contributed by atoms with Crippen LogP contribution in [0.15, 0.2) is 36.4 Å². The number of likely N-dealkylation sites (tertiary alicyclic amines) is 1. The zero-order valence-corrected chi connectivity index (χ0v) is 14.8. The first-order valence-electron chi connectivity index (χ1n) is 9.08. The van der Waals surface area contributed by atoms with Gasteiger partial charge in [-0.1, -0.05) is 24.3 Å². The van der Waals surface area contributed by atoms with Crippen LogP contribution in [0.1, 0.15) is 21.6 Å². The summed E-state index contributed by atoms with van der Waals surface area (Å²) in [6.45, 7) is 4.67. The number of fused-ring (bicyclic) bond motifs is 1. The average Bonchev–Trinajstić information content (AvgIpc) is 3.04. The van der Waals surface area contributed by atoms with E-state index in [2.05, 4.69) is 20.8 Å². The predicted octanol–water partition coefficient (Wildman–Crippen LogP) is 1.07. The lowest BCUT2D eigenvalue weighted by Gasteiger charge is -2.55. The maximum Gasteiger partial charge on any atom is 0.323 e. The summed E-state index contributed by atoms with van der Waals surface area (Å²) in [4.78, 5) is 28.4. The monoisotopic (exact) mass is 364 g/mol. The van der Waals surface area contributed by atoms with E-state index >= 15 is 0 Å². The quantitative estimate of drug-likeness (QED) is 0.832. The number of anilines is 1. The summed E-state index contributed by atoms with van der Waals surface area (Å²) in [6, 6.07) is 11.0. The molecule has 0 unspecified atom stereocenters. The van der Waals surface area contributed by atoms with Crippen molar-refractivity contribution in [2.45, 2.75) is 13.1 Å². The first kappa shape index (κ1) is 16.2. The molecule has 0 atom stereocenters. The molecule has 0 aliphatic carbocycles. The largest absolute Gasteiger partial charge is 0.336 e. The minimum atomic E-state index is -0.221. The highest BCUT2D eigenvalue weighted by atomic mass is 16.2. The fraction of sp³-hybridized carbons (Fsp3) is 0.368. The van der Waals surface area contributed by atoms with Crippen LogP contribution in [0.3, 0.4) is 0 Å². The summed E-state index contributed by atoms with van der Waals surface area (Å²) in [5, 5.41) is 14.0. The Labute approximate surface area is 156 Å². The van der Waals surface area contributed by atoms with Gasteiger partial charge in [0.2, 0.25) is 0 Å². The lowest BCUT2D eigenvalue weighted by molar-refractivity contribution is -0.0252. The van der Waals surface area contributed by atoms with Crippen molar-refractivity contribution in [3.63, 3.8) is 0 Å². The number of aromatic nitrogens is 2. The fourth-order valence-electron chi connectivity index (χ4n) is 3.95. The summed E-state index contributed by atoms with van der Waals surface area (Å²) in [5.41, 5.74) is 2.91. The van der Waals surface area contributed by atoms with Crippen LogP contribution in [0.2, 0.25) is 0 Å². The molecule has 2 fully saturated rings. The van der Waals surface area contributed by atoms with Crippen molar-refractivity contribution in [3.05, 3.63) is 53.2 Å². The molecule has 0 bridgehead atoms. The maximum absolute atomic E-state index is 12.4. The van der Waals surface area contributed by atoms with Gasteiger partial charge in [0.1, 0.15) is 0 Å². The Hall–Kier alpha value is -3.00. The number of nitrogens with one attached hydrogen (secondary N) is 2. The lowest BCUT2D eigenvalue weighted by atomic mass is 9.74. The van der Waals surface area contributed by atoms with E-state index in [9.17, 15) is 9.59 Å². The van der Waals surface area contributed by atoms with E-state index in [1.54, 1.807) is 21.9 Å². The third kappa shape index (κ3) is 2.82. The second-order valence-corrected chi connectivity index (χ2v) is 7.62. The Morgan fingerprint density at radius 1 is 0.963 bits per heavy atom. The SMILES string of the molecule is O=C(Nc1ccc(C(=O)N2CC3(CNC3)C2)nn1)N1Cc2ccccc2C1. The van der Waals surface area contributed by atoms with Crippen molar-refractivity contribution in [2.75, 3.05) is 31.5 Å². The molecular formula is C19H20N6O2. The zero-order chi connectivity index (χ0) is 18.4. The first-order chi connectivity index (χ1) is 13.1. The van der Waals surface area contributed by atoms with E-state index < -0.39 is 0 Å². The Morgan fingerprint density at radius 2 is 1.67 bits per heavy atom. The summed E-state index contributed by atoms with van der Waals surface area (Å²) >= 11 is 0. The normalized spacial score (nSPS) is 19.3. The molecule has 1 spiro atoms. The van der Waals surface area contributed by atoms with Gasteiger partial charge in [-0.3, -0.25) is 10.1 Å². The van der Waals surface area contributed by atoms with Gasteiger partial charge in [0.05, 0.1) is 0 Å². The molecule has 0 saturated carbocycles. The topological polar surface area (TPSA) is 90.5 Å². The Bertz CT molecular complexity index is 876. The van der Waals surface area contributed by atoms with E-state index in [1.807, 2.05) is 24.3 Å². The molecule has 4 heterocycles. The predicted molar refractivity (Wildman–Crippen MR) is 97.9 cm³/mol. The minimum Gasteiger partial charge on any atom is -0.336 e. The van der Waals surface area contributed by atoms with Crippen molar-refractivity contribution in [1.29, 1.82) is 0 Å². The summed E-state index contributed by atoms with van der Waals surface area (Å²) in [6.07, 6.45) is 0. The van der Waals surface area contributed by atoms with Crippen molar-refractivity contribution < 1.29 is 9.59 Å². The number of carbonyl (C=O) groups is 2. The van der Waals surface area contributed by atoms with Crippen LogP contribution in [-0.2, 0) is 13.1 Å². The molecule has 2 aromatic rings. The standard InChI is InChI=1S/C19H20N6O2/c26-17(25-11-19(12-25)9-20-10-19)15-5-6-16(23-22-15)21-18(27)24-7-13-3-1-2-4-14(13)8-24/h1-6,20H,7-12H2,(H,21,23,27). The van der Waals surface area contributed by atoms with E-state index in [0.717, 1.165) is 37.3 Å². The molecule has 1 aromatic heterocycles. The van der Waals surface area contributed by atoms with E-state index in [4.69, 9.17) is 0 Å². The summed E-state index contributed by atoms with van der Waals surface area (Å²) in [7, 11) is 0. The van der Waals surface area contributed by atoms with Gasteiger partial charge in [0.15, 0.2) is 11.5 Å². The van der Waals surface area contributed by atoms with Crippen LogP contribution in [0.4, 0.5) is 10.6 Å². The summed E-state index contributed by atoms with van der Waals surface area (Å²) < 4.78 is 0. The van der Waals surface area contributed by atoms with Crippen LogP contribution >= 0.6 is 0 Å². The number of rotatable bonds is 2. The second-order valence-electron chi connectivity index (χ2n) is 7.62. The second kappa shape index (κ2) is 6.02. The molecule has 2 N–H and O–H groups in total. The number of hydrogen-bond acceptors (Lipinski definition) is 5. The molecule has 3 aliphatic heterocycles. The number of carbonyl (C=O) groups excluding carboxylic acids is 2. The molecule has 138 valence electrons. The van der Waals surface area contributed by atoms with Gasteiger partial charge >= 0.3 is 6.03 Å². The summed E-state index contributed by atoms with van der Waals surface area (Å²) in [5.74, 6) is 0.240. The Kier molecular flexibility index (Phi) is 3.61. The van der Waals surface area contributed by atoms with Crippen LogP contribution in [0.5, 0.6) is 0 Å².